The molecule has 6 nitrogen and oxygen atoms in total. The first kappa shape index (κ1) is 13.3. The van der Waals surface area contributed by atoms with Gasteiger partial charge in [-0.05, 0) is 12.1 Å². The minimum atomic E-state index is -4.38. The zero-order valence-electron chi connectivity index (χ0n) is 9.76. The minimum Gasteiger partial charge on any atom is -0.623 e. The quantitative estimate of drug-likeness (QED) is 0.302. The molecule has 0 unspecified atom stereocenters. The summed E-state index contributed by atoms with van der Waals surface area (Å²) in [5.74, 6) is 0.0542. The van der Waals surface area contributed by atoms with Crippen LogP contribution in [0.5, 0.6) is 0 Å². The van der Waals surface area contributed by atoms with E-state index >= 15 is 0 Å². The standard InChI is InChI=1S/C12H11NO5S/c14-13(8-10-4-2-1-3-5-10)9-11-6-7-12(18-11)19(15,16)17/h1-7,9H,8H2,(H,15,16,17). The summed E-state index contributed by atoms with van der Waals surface area (Å²) >= 11 is 0. The summed E-state index contributed by atoms with van der Waals surface area (Å²) in [6, 6.07) is 11.4. The van der Waals surface area contributed by atoms with Crippen molar-refractivity contribution in [2.45, 2.75) is 11.6 Å². The van der Waals surface area contributed by atoms with Crippen molar-refractivity contribution < 1.29 is 22.1 Å². The lowest BCUT2D eigenvalue weighted by molar-refractivity contribution is -0.469. The molecule has 2 aromatic rings. The molecule has 0 fully saturated rings. The number of nitrogens with zero attached hydrogens (tertiary/aromatic N) is 1. The average Bonchev–Trinajstić information content (AvgIpc) is 2.78. The zero-order valence-corrected chi connectivity index (χ0v) is 10.6. The highest BCUT2D eigenvalue weighted by molar-refractivity contribution is 7.85. The molecular weight excluding hydrogens is 270 g/mol. The molecule has 2 rings (SSSR count). The van der Waals surface area contributed by atoms with Gasteiger partial charge in [0.15, 0.2) is 12.3 Å². The van der Waals surface area contributed by atoms with Crippen LogP contribution in [0.2, 0.25) is 0 Å². The van der Waals surface area contributed by atoms with Crippen molar-refractivity contribution >= 4 is 16.3 Å². The Morgan fingerprint density at radius 1 is 1.21 bits per heavy atom. The van der Waals surface area contributed by atoms with Crippen LogP contribution in [0.15, 0.2) is 52.0 Å². The van der Waals surface area contributed by atoms with Crippen LogP contribution >= 0.6 is 0 Å². The Morgan fingerprint density at radius 3 is 2.47 bits per heavy atom. The topological polar surface area (TPSA) is 93.6 Å². The Morgan fingerprint density at radius 2 is 1.89 bits per heavy atom. The molecular formula is C12H11NO5S. The SMILES string of the molecule is O=S(=O)(O)c1ccc(C=[N+]([O-])Cc2ccccc2)o1. The highest BCUT2D eigenvalue weighted by Gasteiger charge is 2.15. The van der Waals surface area contributed by atoms with Gasteiger partial charge in [-0.3, -0.25) is 4.55 Å². The predicted molar refractivity (Wildman–Crippen MR) is 67.5 cm³/mol. The summed E-state index contributed by atoms with van der Waals surface area (Å²) in [5, 5.41) is 11.0. The normalized spacial score (nSPS) is 12.6. The van der Waals surface area contributed by atoms with Crippen molar-refractivity contribution in [1.29, 1.82) is 0 Å². The van der Waals surface area contributed by atoms with E-state index in [1.807, 2.05) is 18.2 Å². The Kier molecular flexibility index (Phi) is 3.68. The molecule has 0 aliphatic heterocycles. The first-order valence-corrected chi connectivity index (χ1v) is 6.79. The van der Waals surface area contributed by atoms with E-state index in [4.69, 9.17) is 8.97 Å². The van der Waals surface area contributed by atoms with Crippen molar-refractivity contribution in [3.8, 4) is 0 Å². The van der Waals surface area contributed by atoms with Crippen molar-refractivity contribution in [3.63, 3.8) is 0 Å². The summed E-state index contributed by atoms with van der Waals surface area (Å²) in [4.78, 5) is 0. The monoisotopic (exact) mass is 281 g/mol. The fraction of sp³-hybridized carbons (Fsp3) is 0.0833. The average molecular weight is 281 g/mol. The maximum absolute atomic E-state index is 11.6. The maximum Gasteiger partial charge on any atom is 0.328 e. The molecule has 1 heterocycles. The highest BCUT2D eigenvalue weighted by atomic mass is 32.2. The summed E-state index contributed by atoms with van der Waals surface area (Å²) in [7, 11) is -4.38. The second-order valence-electron chi connectivity index (χ2n) is 3.82. The first-order valence-electron chi connectivity index (χ1n) is 5.35. The van der Waals surface area contributed by atoms with Gasteiger partial charge in [-0.1, -0.05) is 30.3 Å². The van der Waals surface area contributed by atoms with E-state index in [9.17, 15) is 13.6 Å². The van der Waals surface area contributed by atoms with E-state index in [2.05, 4.69) is 0 Å². The van der Waals surface area contributed by atoms with Gasteiger partial charge in [0, 0.05) is 5.56 Å². The number of hydrogen-bond donors (Lipinski definition) is 1. The van der Waals surface area contributed by atoms with Crippen molar-refractivity contribution in [1.82, 2.24) is 0 Å². The number of hydrogen-bond acceptors (Lipinski definition) is 4. The summed E-state index contributed by atoms with van der Waals surface area (Å²) in [6.07, 6.45) is 1.11. The molecule has 100 valence electrons. The van der Waals surface area contributed by atoms with Crippen molar-refractivity contribution in [2.24, 2.45) is 0 Å². The molecule has 0 saturated heterocycles. The fourth-order valence-electron chi connectivity index (χ4n) is 1.49. The van der Waals surface area contributed by atoms with Crippen LogP contribution in [0.1, 0.15) is 11.3 Å². The second kappa shape index (κ2) is 5.25. The van der Waals surface area contributed by atoms with E-state index < -0.39 is 15.2 Å². The molecule has 0 radical (unpaired) electrons. The number of hydroxylamine groups is 1. The molecule has 1 aromatic heterocycles. The van der Waals surface area contributed by atoms with Gasteiger partial charge in [0.25, 0.3) is 0 Å². The first-order chi connectivity index (χ1) is 8.95. The lowest BCUT2D eigenvalue weighted by atomic mass is 10.2. The molecule has 7 heteroatoms. The smallest absolute Gasteiger partial charge is 0.328 e. The lowest BCUT2D eigenvalue weighted by Crippen LogP contribution is -2.05. The predicted octanol–water partition coefficient (Wildman–Crippen LogP) is 1.66. The highest BCUT2D eigenvalue weighted by Crippen LogP contribution is 2.12. The van der Waals surface area contributed by atoms with Gasteiger partial charge < -0.3 is 9.62 Å². The maximum atomic E-state index is 11.6. The van der Waals surface area contributed by atoms with E-state index in [0.29, 0.717) is 4.74 Å². The second-order valence-corrected chi connectivity index (χ2v) is 5.17. The Labute approximate surface area is 109 Å². The van der Waals surface area contributed by atoms with Gasteiger partial charge in [0.05, 0.1) is 0 Å². The van der Waals surface area contributed by atoms with Gasteiger partial charge in [0.1, 0.15) is 0 Å². The van der Waals surface area contributed by atoms with Gasteiger partial charge >= 0.3 is 10.1 Å². The molecule has 0 aliphatic carbocycles. The number of furan rings is 1. The van der Waals surface area contributed by atoms with Crippen LogP contribution < -0.4 is 0 Å². The molecule has 0 saturated carbocycles. The van der Waals surface area contributed by atoms with Gasteiger partial charge in [-0.2, -0.15) is 8.42 Å². The molecule has 0 atom stereocenters. The van der Waals surface area contributed by atoms with Crippen LogP contribution in [0.25, 0.3) is 0 Å². The largest absolute Gasteiger partial charge is 0.623 e. The van der Waals surface area contributed by atoms with Gasteiger partial charge in [-0.15, -0.1) is 0 Å². The van der Waals surface area contributed by atoms with Crippen LogP contribution in [0.4, 0.5) is 0 Å². The third-order valence-electron chi connectivity index (χ3n) is 2.31. The molecule has 1 aromatic carbocycles. The Bertz CT molecular complexity index is 688. The van der Waals surface area contributed by atoms with E-state index in [1.54, 1.807) is 12.1 Å². The van der Waals surface area contributed by atoms with Gasteiger partial charge in [0.2, 0.25) is 11.3 Å². The summed E-state index contributed by atoms with van der Waals surface area (Å²) in [6.45, 7) is 0.114. The van der Waals surface area contributed by atoms with E-state index in [-0.39, 0.29) is 12.3 Å². The van der Waals surface area contributed by atoms with Crippen LogP contribution in [0, 0.1) is 5.21 Å². The fourth-order valence-corrected chi connectivity index (χ4v) is 1.93. The van der Waals surface area contributed by atoms with Crippen LogP contribution in [-0.4, -0.2) is 23.9 Å². The molecule has 1 N–H and O–H groups in total. The molecule has 0 spiro atoms. The summed E-state index contributed by atoms with van der Waals surface area (Å²) < 4.78 is 35.7. The van der Waals surface area contributed by atoms with E-state index in [0.717, 1.165) is 17.8 Å². The summed E-state index contributed by atoms with van der Waals surface area (Å²) in [5.41, 5.74) is 0.815. The Hall–Kier alpha value is -2.12. The van der Waals surface area contributed by atoms with E-state index in [1.165, 1.54) is 6.07 Å². The van der Waals surface area contributed by atoms with Crippen molar-refractivity contribution in [2.75, 3.05) is 0 Å². The third-order valence-corrected chi connectivity index (χ3v) is 3.04. The van der Waals surface area contributed by atoms with Crippen LogP contribution in [-0.2, 0) is 16.7 Å². The molecule has 0 amide bonds. The minimum absolute atomic E-state index is 0.0542. The van der Waals surface area contributed by atoms with Crippen LogP contribution in [0.3, 0.4) is 0 Å². The Balaban J connectivity index is 2.15. The molecule has 19 heavy (non-hydrogen) atoms. The van der Waals surface area contributed by atoms with Crippen molar-refractivity contribution in [3.05, 3.63) is 59.0 Å². The number of rotatable bonds is 4. The molecule has 0 aliphatic rings. The third kappa shape index (κ3) is 3.67. The number of benzene rings is 1. The zero-order chi connectivity index (χ0) is 13.9. The van der Waals surface area contributed by atoms with Gasteiger partial charge in [-0.25, -0.2) is 4.74 Å². The molecule has 0 bridgehead atoms. The lowest BCUT2D eigenvalue weighted by Gasteiger charge is -2.02.